The van der Waals surface area contributed by atoms with Crippen molar-refractivity contribution in [3.8, 4) is 0 Å². The number of anilines is 1. The zero-order valence-corrected chi connectivity index (χ0v) is 15.3. The first-order valence-corrected chi connectivity index (χ1v) is 9.42. The number of carbonyl (C=O) groups is 1. The van der Waals surface area contributed by atoms with Crippen molar-refractivity contribution in [3.05, 3.63) is 57.8 Å². The second-order valence-electron chi connectivity index (χ2n) is 7.30. The maximum Gasteiger partial charge on any atom is 0.249 e. The Hall–Kier alpha value is -1.76. The SMILES string of the molecule is O=C(Nc1ccc(Cl)c(Cl)c1)[C@@H]1[C@@H]2O[C@@H]([C@H]3C[C@H]32)[C@@H]1c1ccnc(F)c1F. The summed E-state index contributed by atoms with van der Waals surface area (Å²) in [5.41, 5.74) is 0.638. The van der Waals surface area contributed by atoms with Crippen molar-refractivity contribution in [1.82, 2.24) is 4.98 Å². The van der Waals surface area contributed by atoms with Crippen LogP contribution >= 0.6 is 23.2 Å². The minimum absolute atomic E-state index is 0.148. The predicted molar refractivity (Wildman–Crippen MR) is 95.7 cm³/mol. The van der Waals surface area contributed by atoms with Crippen LogP contribution in [0.25, 0.3) is 0 Å². The number of fused-ring (bicyclic) bond motifs is 5. The molecule has 27 heavy (non-hydrogen) atoms. The van der Waals surface area contributed by atoms with Crippen molar-refractivity contribution in [2.75, 3.05) is 5.32 Å². The van der Waals surface area contributed by atoms with E-state index < -0.39 is 23.6 Å². The monoisotopic (exact) mass is 410 g/mol. The number of amides is 1. The zero-order chi connectivity index (χ0) is 18.9. The van der Waals surface area contributed by atoms with Crippen LogP contribution < -0.4 is 5.32 Å². The average Bonchev–Trinajstić information content (AvgIpc) is 3.25. The molecule has 1 N–H and O–H groups in total. The lowest BCUT2D eigenvalue weighted by Crippen LogP contribution is -2.37. The van der Waals surface area contributed by atoms with Crippen LogP contribution in [0.5, 0.6) is 0 Å². The second kappa shape index (κ2) is 6.12. The number of halogens is 4. The first-order valence-electron chi connectivity index (χ1n) is 8.67. The highest BCUT2D eigenvalue weighted by Crippen LogP contribution is 2.65. The Morgan fingerprint density at radius 1 is 1.15 bits per heavy atom. The number of carbonyl (C=O) groups excluding carboxylic acids is 1. The third-order valence-corrected chi connectivity index (χ3v) is 6.61. The normalized spacial score (nSPS) is 33.0. The van der Waals surface area contributed by atoms with Crippen molar-refractivity contribution in [3.63, 3.8) is 0 Å². The van der Waals surface area contributed by atoms with Crippen LogP contribution in [0.4, 0.5) is 14.5 Å². The smallest absolute Gasteiger partial charge is 0.249 e. The molecule has 1 aromatic carbocycles. The van der Waals surface area contributed by atoms with Gasteiger partial charge in [0.15, 0.2) is 5.82 Å². The van der Waals surface area contributed by atoms with E-state index in [0.29, 0.717) is 27.6 Å². The van der Waals surface area contributed by atoms with E-state index in [1.165, 1.54) is 12.3 Å². The molecule has 1 amide bonds. The summed E-state index contributed by atoms with van der Waals surface area (Å²) in [6, 6.07) is 6.21. The molecule has 0 radical (unpaired) electrons. The summed E-state index contributed by atoms with van der Waals surface area (Å²) < 4.78 is 34.1. The average molecular weight is 411 g/mol. The van der Waals surface area contributed by atoms with Crippen LogP contribution in [0.3, 0.4) is 0 Å². The first kappa shape index (κ1) is 17.3. The molecule has 3 aliphatic rings. The minimum Gasteiger partial charge on any atom is -0.373 e. The fourth-order valence-corrected chi connectivity index (χ4v) is 4.95. The van der Waals surface area contributed by atoms with Gasteiger partial charge in [0.1, 0.15) is 0 Å². The molecule has 0 unspecified atom stereocenters. The number of pyridine rings is 1. The highest BCUT2D eigenvalue weighted by atomic mass is 35.5. The topological polar surface area (TPSA) is 51.2 Å². The Labute approximate surface area is 163 Å². The van der Waals surface area contributed by atoms with E-state index >= 15 is 0 Å². The third kappa shape index (κ3) is 2.65. The first-order chi connectivity index (χ1) is 13.0. The van der Waals surface area contributed by atoms with E-state index in [2.05, 4.69) is 10.3 Å². The van der Waals surface area contributed by atoms with Crippen LogP contribution in [0.1, 0.15) is 17.9 Å². The Kier molecular flexibility index (Phi) is 3.93. The summed E-state index contributed by atoms with van der Waals surface area (Å²) in [5, 5.41) is 3.52. The lowest BCUT2D eigenvalue weighted by atomic mass is 9.75. The van der Waals surface area contributed by atoms with E-state index in [4.69, 9.17) is 27.9 Å². The van der Waals surface area contributed by atoms with Gasteiger partial charge in [-0.25, -0.2) is 9.37 Å². The Bertz CT molecular complexity index is 957. The van der Waals surface area contributed by atoms with Gasteiger partial charge in [-0.3, -0.25) is 4.79 Å². The fourth-order valence-electron chi connectivity index (χ4n) is 4.66. The number of nitrogens with one attached hydrogen (secondary N) is 1. The molecule has 2 aromatic rings. The number of ether oxygens (including phenoxy) is 1. The Balaban J connectivity index is 1.48. The number of hydrogen-bond donors (Lipinski definition) is 1. The van der Waals surface area contributed by atoms with Gasteiger partial charge >= 0.3 is 0 Å². The molecule has 140 valence electrons. The molecule has 4 nitrogen and oxygen atoms in total. The van der Waals surface area contributed by atoms with Gasteiger partial charge < -0.3 is 10.1 Å². The zero-order valence-electron chi connectivity index (χ0n) is 13.8. The number of hydrogen-bond acceptors (Lipinski definition) is 3. The highest BCUT2D eigenvalue weighted by molar-refractivity contribution is 6.42. The fraction of sp³-hybridized carbons (Fsp3) is 0.368. The summed E-state index contributed by atoms with van der Waals surface area (Å²) in [6.45, 7) is 0. The maximum atomic E-state index is 14.4. The summed E-state index contributed by atoms with van der Waals surface area (Å²) in [7, 11) is 0. The Morgan fingerprint density at radius 2 is 1.93 bits per heavy atom. The molecule has 2 bridgehead atoms. The van der Waals surface area contributed by atoms with Gasteiger partial charge in [-0.2, -0.15) is 4.39 Å². The molecule has 1 aliphatic carbocycles. The molecule has 0 spiro atoms. The van der Waals surface area contributed by atoms with Gasteiger partial charge in [0, 0.05) is 23.4 Å². The molecule has 5 rings (SSSR count). The van der Waals surface area contributed by atoms with Gasteiger partial charge in [0.25, 0.3) is 0 Å². The van der Waals surface area contributed by atoms with Crippen molar-refractivity contribution in [1.29, 1.82) is 0 Å². The Morgan fingerprint density at radius 3 is 2.70 bits per heavy atom. The van der Waals surface area contributed by atoms with Crippen LogP contribution in [0.2, 0.25) is 10.0 Å². The molecular weight excluding hydrogens is 397 g/mol. The van der Waals surface area contributed by atoms with E-state index in [0.717, 1.165) is 6.42 Å². The maximum absolute atomic E-state index is 14.4. The highest BCUT2D eigenvalue weighted by Gasteiger charge is 2.69. The van der Waals surface area contributed by atoms with Crippen molar-refractivity contribution >= 4 is 34.8 Å². The standard InChI is InChI=1S/C19H14Cl2F2N2O2/c20-11-2-1-7(5-12(11)21)25-19(26)14-13(8-3-4-24-18(23)15(8)22)16-9-6-10(9)17(14)27-16/h1-5,9-10,13-14,16-17H,6H2,(H,25,26)/t9-,10+,13+,14-,16-,17+/m0/s1. The lowest BCUT2D eigenvalue weighted by Gasteiger charge is -2.27. The number of nitrogens with zero attached hydrogens (tertiary/aromatic N) is 1. The van der Waals surface area contributed by atoms with Crippen LogP contribution in [-0.4, -0.2) is 23.1 Å². The lowest BCUT2D eigenvalue weighted by molar-refractivity contribution is -0.122. The number of aromatic nitrogens is 1. The molecule has 6 atom stereocenters. The largest absolute Gasteiger partial charge is 0.373 e. The molecular formula is C19H14Cl2F2N2O2. The molecule has 2 aliphatic heterocycles. The van der Waals surface area contributed by atoms with Crippen molar-refractivity contribution < 1.29 is 18.3 Å². The quantitative estimate of drug-likeness (QED) is 0.761. The summed E-state index contributed by atoms with van der Waals surface area (Å²) in [4.78, 5) is 16.4. The van der Waals surface area contributed by atoms with Gasteiger partial charge in [-0.1, -0.05) is 23.2 Å². The van der Waals surface area contributed by atoms with Gasteiger partial charge in [0.2, 0.25) is 11.9 Å². The minimum atomic E-state index is -1.16. The van der Waals surface area contributed by atoms with E-state index in [9.17, 15) is 13.6 Å². The summed E-state index contributed by atoms with van der Waals surface area (Å²) in [6.07, 6.45) is 1.61. The second-order valence-corrected chi connectivity index (χ2v) is 8.12. The van der Waals surface area contributed by atoms with Gasteiger partial charge in [0.05, 0.1) is 28.2 Å². The predicted octanol–water partition coefficient (Wildman–Crippen LogP) is 4.42. The van der Waals surface area contributed by atoms with Crippen LogP contribution in [0, 0.1) is 29.5 Å². The van der Waals surface area contributed by atoms with E-state index in [-0.39, 0.29) is 23.7 Å². The van der Waals surface area contributed by atoms with Crippen molar-refractivity contribution in [2.24, 2.45) is 17.8 Å². The number of rotatable bonds is 3. The molecule has 2 saturated heterocycles. The molecule has 8 heteroatoms. The molecule has 1 aromatic heterocycles. The summed E-state index contributed by atoms with van der Waals surface area (Å²) in [5.74, 6) is -3.00. The van der Waals surface area contributed by atoms with Gasteiger partial charge in [-0.05, 0) is 42.5 Å². The van der Waals surface area contributed by atoms with E-state index in [1.54, 1.807) is 18.2 Å². The van der Waals surface area contributed by atoms with Crippen LogP contribution in [0.15, 0.2) is 30.5 Å². The van der Waals surface area contributed by atoms with Gasteiger partial charge in [-0.15, -0.1) is 0 Å². The van der Waals surface area contributed by atoms with Crippen LogP contribution in [-0.2, 0) is 9.53 Å². The molecule has 3 heterocycles. The van der Waals surface area contributed by atoms with Crippen molar-refractivity contribution in [2.45, 2.75) is 24.5 Å². The van der Waals surface area contributed by atoms with E-state index in [1.807, 2.05) is 0 Å². The summed E-state index contributed by atoms with van der Waals surface area (Å²) >= 11 is 11.9. The third-order valence-electron chi connectivity index (χ3n) is 5.87. The number of benzene rings is 1. The molecule has 3 fully saturated rings. The molecule has 1 saturated carbocycles.